The monoisotopic (exact) mass is 398 g/mol. The lowest BCUT2D eigenvalue weighted by Gasteiger charge is -2.13. The predicted octanol–water partition coefficient (Wildman–Crippen LogP) is 3.43. The van der Waals surface area contributed by atoms with E-state index in [9.17, 15) is 9.59 Å². The van der Waals surface area contributed by atoms with E-state index in [0.29, 0.717) is 18.7 Å². The predicted molar refractivity (Wildman–Crippen MR) is 114 cm³/mol. The molecular weight excluding hydrogens is 372 g/mol. The Balaban J connectivity index is 1.38. The number of amides is 2. The first-order chi connectivity index (χ1) is 13.7. The van der Waals surface area contributed by atoms with Crippen LogP contribution in [0.4, 0.5) is 5.69 Å². The number of nitrogens with one attached hydrogen (secondary N) is 2. The number of hydrogen-bond donors (Lipinski definition) is 2. The molecule has 5 nitrogen and oxygen atoms in total. The van der Waals surface area contributed by atoms with Gasteiger partial charge in [-0.25, -0.2) is 0 Å². The first-order valence-corrected chi connectivity index (χ1v) is 10.6. The summed E-state index contributed by atoms with van der Waals surface area (Å²) in [6.07, 6.45) is 2.81. The molecule has 1 aliphatic heterocycles. The smallest absolute Gasteiger partial charge is 0.237 e. The van der Waals surface area contributed by atoms with Crippen LogP contribution in [0.5, 0.6) is 5.75 Å². The Kier molecular flexibility index (Phi) is 7.37. The molecule has 2 N–H and O–H groups in total. The van der Waals surface area contributed by atoms with Crippen LogP contribution in [0, 0.1) is 0 Å². The van der Waals surface area contributed by atoms with E-state index in [2.05, 4.69) is 16.7 Å². The molecule has 0 saturated heterocycles. The van der Waals surface area contributed by atoms with Gasteiger partial charge in [-0.15, -0.1) is 11.8 Å². The van der Waals surface area contributed by atoms with Gasteiger partial charge in [-0.3, -0.25) is 9.59 Å². The van der Waals surface area contributed by atoms with Crippen LogP contribution >= 0.6 is 11.8 Å². The Morgan fingerprint density at radius 2 is 2.00 bits per heavy atom. The van der Waals surface area contributed by atoms with Crippen LogP contribution in [0.3, 0.4) is 0 Å². The van der Waals surface area contributed by atoms with E-state index in [1.807, 2.05) is 42.5 Å². The van der Waals surface area contributed by atoms with E-state index in [1.54, 1.807) is 18.9 Å². The minimum atomic E-state index is -0.117. The summed E-state index contributed by atoms with van der Waals surface area (Å²) in [4.78, 5) is 24.5. The highest BCUT2D eigenvalue weighted by molar-refractivity contribution is 8.00. The first kappa shape index (κ1) is 20.3. The summed E-state index contributed by atoms with van der Waals surface area (Å²) in [5.41, 5.74) is 3.16. The van der Waals surface area contributed by atoms with Crippen LogP contribution in [0.1, 0.15) is 24.0 Å². The first-order valence-electron chi connectivity index (χ1n) is 9.56. The summed E-state index contributed by atoms with van der Waals surface area (Å²) in [6, 6.07) is 15.7. The molecule has 2 aromatic carbocycles. The molecule has 148 valence electrons. The Hall–Kier alpha value is -2.47. The van der Waals surface area contributed by atoms with E-state index >= 15 is 0 Å². The Morgan fingerprint density at radius 1 is 1.21 bits per heavy atom. The molecule has 3 rings (SSSR count). The van der Waals surface area contributed by atoms with Gasteiger partial charge >= 0.3 is 0 Å². The number of aryl methyl sites for hydroxylation is 1. The van der Waals surface area contributed by atoms with Gasteiger partial charge in [0.1, 0.15) is 5.75 Å². The number of thioether (sulfide) groups is 1. The molecule has 0 radical (unpaired) electrons. The molecule has 6 heteroatoms. The van der Waals surface area contributed by atoms with Crippen molar-refractivity contribution in [3.8, 4) is 5.75 Å². The van der Waals surface area contributed by atoms with E-state index in [0.717, 1.165) is 36.3 Å². The average Bonchev–Trinajstić information content (AvgIpc) is 2.87. The largest absolute Gasteiger partial charge is 0.496 e. The number of methoxy groups -OCH3 is 1. The number of carbonyl (C=O) groups is 2. The average molecular weight is 399 g/mol. The Labute approximate surface area is 170 Å². The maximum atomic E-state index is 12.4. The van der Waals surface area contributed by atoms with Gasteiger partial charge in [-0.2, -0.15) is 0 Å². The third-order valence-electron chi connectivity index (χ3n) is 4.80. The third-order valence-corrected chi connectivity index (χ3v) is 6.09. The minimum Gasteiger partial charge on any atom is -0.496 e. The molecule has 0 fully saturated rings. The fourth-order valence-corrected chi connectivity index (χ4v) is 4.36. The second-order valence-corrected chi connectivity index (χ2v) is 8.02. The number of ether oxygens (including phenoxy) is 1. The second-order valence-electron chi connectivity index (χ2n) is 6.71. The standard InChI is InChI=1S/C22H26N2O3S/c1-27-19-9-5-3-7-17(19)12-14-23-21(25)13-15-28-20-11-10-16-6-2-4-8-18(16)24-22(20)26/h2-9,20H,10-15H2,1H3,(H,23,25)(H,24,26)/t20-/m0/s1. The normalized spacial score (nSPS) is 15.9. The zero-order valence-electron chi connectivity index (χ0n) is 16.1. The van der Waals surface area contributed by atoms with Crippen LogP contribution in [-0.4, -0.2) is 36.5 Å². The molecule has 1 heterocycles. The van der Waals surface area contributed by atoms with E-state index in [1.165, 1.54) is 5.56 Å². The lowest BCUT2D eigenvalue weighted by molar-refractivity contribution is -0.120. The van der Waals surface area contributed by atoms with Crippen molar-refractivity contribution in [1.82, 2.24) is 5.32 Å². The van der Waals surface area contributed by atoms with E-state index < -0.39 is 0 Å². The lowest BCUT2D eigenvalue weighted by atomic mass is 10.1. The van der Waals surface area contributed by atoms with Crippen LogP contribution in [-0.2, 0) is 22.4 Å². The van der Waals surface area contributed by atoms with Gasteiger partial charge < -0.3 is 15.4 Å². The molecule has 0 bridgehead atoms. The third kappa shape index (κ3) is 5.52. The number of hydrogen-bond acceptors (Lipinski definition) is 4. The van der Waals surface area contributed by atoms with Gasteiger partial charge in [0.05, 0.1) is 12.4 Å². The van der Waals surface area contributed by atoms with Crippen molar-refractivity contribution in [2.24, 2.45) is 0 Å². The summed E-state index contributed by atoms with van der Waals surface area (Å²) in [7, 11) is 1.65. The molecule has 1 atom stereocenters. The van der Waals surface area contributed by atoms with Gasteiger partial charge in [-0.05, 0) is 42.5 Å². The Bertz CT molecular complexity index is 825. The minimum absolute atomic E-state index is 0.0136. The van der Waals surface area contributed by atoms with Crippen molar-refractivity contribution in [3.63, 3.8) is 0 Å². The summed E-state index contributed by atoms with van der Waals surface area (Å²) in [5.74, 6) is 1.52. The van der Waals surface area contributed by atoms with Gasteiger partial charge in [-0.1, -0.05) is 36.4 Å². The summed E-state index contributed by atoms with van der Waals surface area (Å²) >= 11 is 1.56. The molecule has 1 aliphatic rings. The number of benzene rings is 2. The van der Waals surface area contributed by atoms with Crippen LogP contribution in [0.15, 0.2) is 48.5 Å². The van der Waals surface area contributed by atoms with Crippen molar-refractivity contribution in [2.75, 3.05) is 24.7 Å². The lowest BCUT2D eigenvalue weighted by Crippen LogP contribution is -2.27. The number of para-hydroxylation sites is 2. The van der Waals surface area contributed by atoms with Crippen LogP contribution in [0.2, 0.25) is 0 Å². The van der Waals surface area contributed by atoms with Crippen molar-refractivity contribution < 1.29 is 14.3 Å². The van der Waals surface area contributed by atoms with Gasteiger partial charge in [0.2, 0.25) is 11.8 Å². The molecule has 28 heavy (non-hydrogen) atoms. The highest BCUT2D eigenvalue weighted by Crippen LogP contribution is 2.27. The maximum Gasteiger partial charge on any atom is 0.237 e. The van der Waals surface area contributed by atoms with Crippen molar-refractivity contribution in [1.29, 1.82) is 0 Å². The van der Waals surface area contributed by atoms with Gasteiger partial charge in [0.25, 0.3) is 0 Å². The number of fused-ring (bicyclic) bond motifs is 1. The number of carbonyl (C=O) groups excluding carboxylic acids is 2. The molecule has 0 unspecified atom stereocenters. The van der Waals surface area contributed by atoms with Gasteiger partial charge in [0, 0.05) is 24.4 Å². The molecule has 0 spiro atoms. The zero-order chi connectivity index (χ0) is 19.8. The number of anilines is 1. The molecule has 0 saturated carbocycles. The Morgan fingerprint density at radius 3 is 2.86 bits per heavy atom. The zero-order valence-corrected chi connectivity index (χ0v) is 16.9. The molecule has 0 aliphatic carbocycles. The molecule has 0 aromatic heterocycles. The SMILES string of the molecule is COc1ccccc1CCNC(=O)CCS[C@H]1CCc2ccccc2NC1=O. The molecule has 2 aromatic rings. The highest BCUT2D eigenvalue weighted by atomic mass is 32.2. The van der Waals surface area contributed by atoms with Crippen molar-refractivity contribution in [3.05, 3.63) is 59.7 Å². The summed E-state index contributed by atoms with van der Waals surface area (Å²) < 4.78 is 5.32. The number of rotatable bonds is 8. The summed E-state index contributed by atoms with van der Waals surface area (Å²) in [5, 5.41) is 5.83. The molecular formula is C22H26N2O3S. The topological polar surface area (TPSA) is 67.4 Å². The van der Waals surface area contributed by atoms with E-state index in [-0.39, 0.29) is 17.1 Å². The van der Waals surface area contributed by atoms with Crippen molar-refractivity contribution >= 4 is 29.3 Å². The highest BCUT2D eigenvalue weighted by Gasteiger charge is 2.23. The van der Waals surface area contributed by atoms with Crippen LogP contribution in [0.25, 0.3) is 0 Å². The maximum absolute atomic E-state index is 12.4. The van der Waals surface area contributed by atoms with Gasteiger partial charge in [0.15, 0.2) is 0 Å². The molecule has 2 amide bonds. The fraction of sp³-hybridized carbons (Fsp3) is 0.364. The second kappa shape index (κ2) is 10.2. The van der Waals surface area contributed by atoms with Crippen molar-refractivity contribution in [2.45, 2.75) is 30.9 Å². The van der Waals surface area contributed by atoms with E-state index in [4.69, 9.17) is 4.74 Å². The fourth-order valence-electron chi connectivity index (χ4n) is 3.28. The quantitative estimate of drug-likeness (QED) is 0.715. The summed E-state index contributed by atoms with van der Waals surface area (Å²) in [6.45, 7) is 0.573. The van der Waals surface area contributed by atoms with Crippen LogP contribution < -0.4 is 15.4 Å².